The Labute approximate surface area is 147 Å². The maximum absolute atomic E-state index is 12.2. The number of furan rings is 1. The highest BCUT2D eigenvalue weighted by atomic mass is 32.2. The van der Waals surface area contributed by atoms with E-state index in [1.165, 1.54) is 16.6 Å². The fraction of sp³-hybridized carbons (Fsp3) is 0.278. The topological polar surface area (TPSA) is 79.6 Å². The molecule has 0 aliphatic carbocycles. The van der Waals surface area contributed by atoms with Crippen LogP contribution in [0.15, 0.2) is 47.1 Å². The average Bonchev–Trinajstić information content (AvgIpc) is 3.13. The van der Waals surface area contributed by atoms with Crippen LogP contribution < -0.4 is 9.62 Å². The normalized spacial score (nSPS) is 14.5. The van der Waals surface area contributed by atoms with Crippen LogP contribution in [0.2, 0.25) is 0 Å². The first-order valence-corrected chi connectivity index (χ1v) is 9.76. The molecule has 0 spiro atoms. The van der Waals surface area contributed by atoms with Crippen molar-refractivity contribution in [1.29, 1.82) is 0 Å². The molecule has 1 aliphatic heterocycles. The first-order chi connectivity index (χ1) is 12.0. The molecule has 132 valence electrons. The van der Waals surface area contributed by atoms with Gasteiger partial charge < -0.3 is 9.73 Å². The SMILES string of the molecule is CCS(=O)(=O)N1CCCc2cc(NC(=O)/C=C/c3ccco3)ccc21. The quantitative estimate of drug-likeness (QED) is 0.831. The van der Waals surface area contributed by atoms with Crippen molar-refractivity contribution in [3.05, 3.63) is 54.0 Å². The number of carbonyl (C=O) groups excluding carboxylic acids is 1. The minimum Gasteiger partial charge on any atom is -0.465 e. The Morgan fingerprint density at radius 2 is 2.20 bits per heavy atom. The number of nitrogens with zero attached hydrogens (tertiary/aromatic N) is 1. The van der Waals surface area contributed by atoms with Crippen LogP contribution in [0, 0.1) is 0 Å². The van der Waals surface area contributed by atoms with Crippen LogP contribution in [-0.4, -0.2) is 26.6 Å². The lowest BCUT2D eigenvalue weighted by atomic mass is 10.0. The molecule has 0 bridgehead atoms. The van der Waals surface area contributed by atoms with E-state index in [2.05, 4.69) is 5.32 Å². The van der Waals surface area contributed by atoms with Crippen molar-refractivity contribution in [3.8, 4) is 0 Å². The van der Waals surface area contributed by atoms with Crippen molar-refractivity contribution in [2.45, 2.75) is 19.8 Å². The number of aryl methyl sites for hydroxylation is 1. The number of nitrogens with one attached hydrogen (secondary N) is 1. The number of anilines is 2. The number of carbonyl (C=O) groups is 1. The first kappa shape index (κ1) is 17.3. The Bertz CT molecular complexity index is 886. The third-order valence-corrected chi connectivity index (χ3v) is 5.85. The third-order valence-electron chi connectivity index (χ3n) is 4.07. The lowest BCUT2D eigenvalue weighted by Gasteiger charge is -2.30. The summed E-state index contributed by atoms with van der Waals surface area (Å²) in [5, 5.41) is 2.79. The van der Waals surface area contributed by atoms with Crippen LogP contribution in [-0.2, 0) is 21.2 Å². The summed E-state index contributed by atoms with van der Waals surface area (Å²) >= 11 is 0. The van der Waals surface area contributed by atoms with Crippen LogP contribution in [0.3, 0.4) is 0 Å². The Balaban J connectivity index is 1.76. The molecule has 0 atom stereocenters. The number of sulfonamides is 1. The number of hydrogen-bond donors (Lipinski definition) is 1. The number of amides is 1. The van der Waals surface area contributed by atoms with E-state index in [0.29, 0.717) is 23.7 Å². The molecule has 2 aromatic rings. The summed E-state index contributed by atoms with van der Waals surface area (Å²) in [6, 6.07) is 8.82. The molecule has 1 aliphatic rings. The smallest absolute Gasteiger partial charge is 0.248 e. The van der Waals surface area contributed by atoms with Gasteiger partial charge in [-0.05, 0) is 61.7 Å². The van der Waals surface area contributed by atoms with Gasteiger partial charge in [0.1, 0.15) is 5.76 Å². The van der Waals surface area contributed by atoms with Crippen LogP contribution in [0.5, 0.6) is 0 Å². The largest absolute Gasteiger partial charge is 0.465 e. The van der Waals surface area contributed by atoms with E-state index >= 15 is 0 Å². The molecule has 25 heavy (non-hydrogen) atoms. The molecule has 7 heteroatoms. The molecular weight excluding hydrogens is 340 g/mol. The van der Waals surface area contributed by atoms with Crippen molar-refractivity contribution in [2.24, 2.45) is 0 Å². The second-order valence-corrected chi connectivity index (χ2v) is 7.94. The van der Waals surface area contributed by atoms with Gasteiger partial charge >= 0.3 is 0 Å². The molecule has 0 saturated carbocycles. The van der Waals surface area contributed by atoms with Crippen molar-refractivity contribution in [2.75, 3.05) is 21.9 Å². The highest BCUT2D eigenvalue weighted by molar-refractivity contribution is 7.92. The minimum absolute atomic E-state index is 0.0719. The summed E-state index contributed by atoms with van der Waals surface area (Å²) in [6.07, 6.45) is 6.08. The van der Waals surface area contributed by atoms with E-state index in [4.69, 9.17) is 4.42 Å². The van der Waals surface area contributed by atoms with E-state index in [1.807, 2.05) is 6.07 Å². The fourth-order valence-corrected chi connectivity index (χ4v) is 4.01. The monoisotopic (exact) mass is 360 g/mol. The van der Waals surface area contributed by atoms with E-state index in [-0.39, 0.29) is 11.7 Å². The average molecular weight is 360 g/mol. The summed E-state index contributed by atoms with van der Waals surface area (Å²) < 4.78 is 31.0. The van der Waals surface area contributed by atoms with Gasteiger partial charge in [0, 0.05) is 18.3 Å². The maximum atomic E-state index is 12.2. The van der Waals surface area contributed by atoms with Crippen molar-refractivity contribution >= 4 is 33.4 Å². The molecule has 3 rings (SSSR count). The van der Waals surface area contributed by atoms with Gasteiger partial charge in [-0.25, -0.2) is 8.42 Å². The lowest BCUT2D eigenvalue weighted by molar-refractivity contribution is -0.111. The summed E-state index contributed by atoms with van der Waals surface area (Å²) in [7, 11) is -3.28. The van der Waals surface area contributed by atoms with Gasteiger partial charge in [0.25, 0.3) is 0 Å². The molecule has 0 saturated heterocycles. The first-order valence-electron chi connectivity index (χ1n) is 8.15. The molecule has 0 unspecified atom stereocenters. The minimum atomic E-state index is -3.28. The molecule has 0 radical (unpaired) electrons. The van der Waals surface area contributed by atoms with E-state index in [1.54, 1.807) is 37.3 Å². The van der Waals surface area contributed by atoms with Crippen LogP contribution >= 0.6 is 0 Å². The van der Waals surface area contributed by atoms with Crippen LogP contribution in [0.4, 0.5) is 11.4 Å². The summed E-state index contributed by atoms with van der Waals surface area (Å²) in [6.45, 7) is 2.14. The zero-order chi connectivity index (χ0) is 17.9. The van der Waals surface area contributed by atoms with Gasteiger partial charge in [-0.1, -0.05) is 0 Å². The van der Waals surface area contributed by atoms with Gasteiger partial charge in [-0.3, -0.25) is 9.10 Å². The third kappa shape index (κ3) is 3.93. The second kappa shape index (κ2) is 7.14. The maximum Gasteiger partial charge on any atom is 0.248 e. The molecular formula is C18H20N2O4S. The number of hydrogen-bond acceptors (Lipinski definition) is 4. The predicted octanol–water partition coefficient (Wildman–Crippen LogP) is 3.03. The highest BCUT2D eigenvalue weighted by Crippen LogP contribution is 2.31. The van der Waals surface area contributed by atoms with E-state index in [9.17, 15) is 13.2 Å². The zero-order valence-electron chi connectivity index (χ0n) is 13.9. The number of benzene rings is 1. The summed E-state index contributed by atoms with van der Waals surface area (Å²) in [5.41, 5.74) is 2.27. The van der Waals surface area contributed by atoms with E-state index < -0.39 is 10.0 Å². The summed E-state index contributed by atoms with van der Waals surface area (Å²) in [5.74, 6) is 0.397. The van der Waals surface area contributed by atoms with Gasteiger partial charge in [-0.2, -0.15) is 0 Å². The van der Waals surface area contributed by atoms with Crippen LogP contribution in [0.25, 0.3) is 6.08 Å². The molecule has 6 nitrogen and oxygen atoms in total. The molecule has 1 aromatic heterocycles. The lowest BCUT2D eigenvalue weighted by Crippen LogP contribution is -2.36. The van der Waals surface area contributed by atoms with Crippen molar-refractivity contribution in [1.82, 2.24) is 0 Å². The Morgan fingerprint density at radius 1 is 1.36 bits per heavy atom. The summed E-state index contributed by atoms with van der Waals surface area (Å²) in [4.78, 5) is 12.0. The predicted molar refractivity (Wildman–Crippen MR) is 97.9 cm³/mol. The Kier molecular flexibility index (Phi) is 4.94. The van der Waals surface area contributed by atoms with E-state index in [0.717, 1.165) is 18.4 Å². The van der Waals surface area contributed by atoms with Crippen molar-refractivity contribution in [3.63, 3.8) is 0 Å². The van der Waals surface area contributed by atoms with Crippen LogP contribution in [0.1, 0.15) is 24.7 Å². The van der Waals surface area contributed by atoms with Gasteiger partial charge in [-0.15, -0.1) is 0 Å². The van der Waals surface area contributed by atoms with Gasteiger partial charge in [0.15, 0.2) is 0 Å². The second-order valence-electron chi connectivity index (χ2n) is 5.76. The number of rotatable bonds is 5. The zero-order valence-corrected chi connectivity index (χ0v) is 14.8. The Morgan fingerprint density at radius 3 is 2.92 bits per heavy atom. The van der Waals surface area contributed by atoms with Crippen molar-refractivity contribution < 1.29 is 17.6 Å². The molecule has 1 aromatic carbocycles. The molecule has 1 N–H and O–H groups in total. The Hall–Kier alpha value is -2.54. The molecule has 2 heterocycles. The van der Waals surface area contributed by atoms with Gasteiger partial charge in [0.2, 0.25) is 15.9 Å². The van der Waals surface area contributed by atoms with Gasteiger partial charge in [0.05, 0.1) is 17.7 Å². The molecule has 1 amide bonds. The fourth-order valence-electron chi connectivity index (χ4n) is 2.81. The molecule has 0 fully saturated rings. The highest BCUT2D eigenvalue weighted by Gasteiger charge is 2.26. The standard InChI is InChI=1S/C18H20N2O4S/c1-2-25(22,23)20-11-3-5-14-13-15(7-9-17(14)20)19-18(21)10-8-16-6-4-12-24-16/h4,6-10,12-13H,2-3,5,11H2,1H3,(H,19,21)/b10-8+. The number of fused-ring (bicyclic) bond motifs is 1.